The number of nitrogens with zero attached hydrogens (tertiary/aromatic N) is 2. The average molecular weight is 481 g/mol. The normalized spacial score (nSPS) is 16.5. The van der Waals surface area contributed by atoms with Crippen LogP contribution in [-0.2, 0) is 19.6 Å². The highest BCUT2D eigenvalue weighted by Gasteiger charge is 2.34. The number of hydrogen-bond donors (Lipinski definition) is 1. The van der Waals surface area contributed by atoms with Crippen LogP contribution in [0.15, 0.2) is 29.2 Å². The highest BCUT2D eigenvalue weighted by Crippen LogP contribution is 2.25. The van der Waals surface area contributed by atoms with Gasteiger partial charge in [-0.05, 0) is 36.6 Å². The zero-order chi connectivity index (χ0) is 24.1. The molecule has 1 atom stereocenters. The first-order valence-corrected chi connectivity index (χ1v) is 11.3. The molecular formula is C19H26F3N3O6S. The van der Waals surface area contributed by atoms with E-state index in [0.717, 1.165) is 28.6 Å². The van der Waals surface area contributed by atoms with Crippen LogP contribution in [0.25, 0.3) is 0 Å². The fraction of sp³-hybridized carbons (Fsp3) is 0.579. The summed E-state index contributed by atoms with van der Waals surface area (Å²) in [6.45, 7) is 4.00. The van der Waals surface area contributed by atoms with Gasteiger partial charge < -0.3 is 19.7 Å². The molecule has 9 nitrogen and oxygen atoms in total. The van der Waals surface area contributed by atoms with Crippen molar-refractivity contribution in [1.82, 2.24) is 14.5 Å². The maximum Gasteiger partial charge on any atom is 0.573 e. The molecule has 1 fully saturated rings. The Bertz CT molecular complexity index is 898. The number of halogens is 3. The lowest BCUT2D eigenvalue weighted by atomic mass is 10.0. The summed E-state index contributed by atoms with van der Waals surface area (Å²) in [7, 11) is -2.77. The van der Waals surface area contributed by atoms with Crippen molar-refractivity contribution in [3.05, 3.63) is 24.3 Å². The second kappa shape index (κ2) is 10.4. The number of hydrogen-bond acceptors (Lipinski definition) is 6. The van der Waals surface area contributed by atoms with Gasteiger partial charge in [0.25, 0.3) is 0 Å². The van der Waals surface area contributed by atoms with E-state index in [0.29, 0.717) is 6.42 Å². The van der Waals surface area contributed by atoms with Gasteiger partial charge in [0.05, 0.1) is 12.0 Å². The number of nitrogens with one attached hydrogen (secondary N) is 1. The number of alkyl carbamates (subject to hydrolysis) is 1. The molecule has 2 amide bonds. The Morgan fingerprint density at radius 2 is 1.66 bits per heavy atom. The molecule has 0 radical (unpaired) electrons. The number of methoxy groups -OCH3 is 1. The maximum absolute atomic E-state index is 12.8. The topological polar surface area (TPSA) is 105 Å². The van der Waals surface area contributed by atoms with Crippen molar-refractivity contribution in [1.29, 1.82) is 0 Å². The van der Waals surface area contributed by atoms with Gasteiger partial charge in [0.1, 0.15) is 11.8 Å². The molecule has 32 heavy (non-hydrogen) atoms. The van der Waals surface area contributed by atoms with Crippen molar-refractivity contribution < 1.29 is 40.7 Å². The number of alkyl halides is 3. The predicted octanol–water partition coefficient (Wildman–Crippen LogP) is 2.19. The Balaban J connectivity index is 2.03. The van der Waals surface area contributed by atoms with E-state index in [2.05, 4.69) is 14.8 Å². The van der Waals surface area contributed by atoms with Crippen molar-refractivity contribution in [2.75, 3.05) is 33.3 Å². The third-order valence-electron chi connectivity index (χ3n) is 4.73. The molecule has 13 heteroatoms. The number of carbonyl (C=O) groups excluding carboxylic acids is 2. The number of ether oxygens (including phenoxy) is 2. The highest BCUT2D eigenvalue weighted by atomic mass is 32.2. The van der Waals surface area contributed by atoms with Crippen LogP contribution in [-0.4, -0.2) is 75.3 Å². The van der Waals surface area contributed by atoms with Crippen molar-refractivity contribution >= 4 is 22.0 Å². The van der Waals surface area contributed by atoms with E-state index in [1.807, 2.05) is 13.8 Å². The molecular weight excluding hydrogens is 455 g/mol. The predicted molar refractivity (Wildman–Crippen MR) is 107 cm³/mol. The van der Waals surface area contributed by atoms with E-state index in [9.17, 15) is 31.2 Å². The number of piperazine rings is 1. The fourth-order valence-corrected chi connectivity index (χ4v) is 4.65. The lowest BCUT2D eigenvalue weighted by molar-refractivity contribution is -0.274. The molecule has 2 rings (SSSR count). The maximum atomic E-state index is 12.8. The number of benzene rings is 1. The molecule has 1 aromatic rings. The van der Waals surface area contributed by atoms with E-state index in [-0.39, 0.29) is 42.9 Å². The van der Waals surface area contributed by atoms with Crippen LogP contribution < -0.4 is 10.1 Å². The second-order valence-corrected chi connectivity index (χ2v) is 9.50. The largest absolute Gasteiger partial charge is 0.573 e. The molecule has 0 aromatic heterocycles. The van der Waals surface area contributed by atoms with Gasteiger partial charge in [-0.2, -0.15) is 4.31 Å². The summed E-state index contributed by atoms with van der Waals surface area (Å²) in [6.07, 6.45) is -5.22. The van der Waals surface area contributed by atoms with Crippen LogP contribution in [0.5, 0.6) is 5.75 Å². The minimum atomic E-state index is -4.88. The summed E-state index contributed by atoms with van der Waals surface area (Å²) in [5.41, 5.74) is 0. The fourth-order valence-electron chi connectivity index (χ4n) is 3.23. The Kier molecular flexibility index (Phi) is 8.35. The molecule has 0 bridgehead atoms. The van der Waals surface area contributed by atoms with Crippen molar-refractivity contribution in [2.45, 2.75) is 37.6 Å². The van der Waals surface area contributed by atoms with Gasteiger partial charge in [-0.3, -0.25) is 4.79 Å². The summed E-state index contributed by atoms with van der Waals surface area (Å²) in [5.74, 6) is -0.747. The first-order valence-electron chi connectivity index (χ1n) is 9.82. The number of sulfonamides is 1. The summed E-state index contributed by atoms with van der Waals surface area (Å²) >= 11 is 0. The van der Waals surface area contributed by atoms with Crippen LogP contribution in [0.2, 0.25) is 0 Å². The molecule has 1 unspecified atom stereocenters. The smallest absolute Gasteiger partial charge is 0.453 e. The minimum absolute atomic E-state index is 0.00149. The standard InChI is InChI=1S/C19H26F3N3O6S/c1-13(2)12-16(23-18(27)30-3)17(26)24-8-10-25(11-9-24)32(28,29)15-6-4-14(5-7-15)31-19(20,21)22/h4-7,13,16H,8-12H2,1-3H3,(H,23,27). The lowest BCUT2D eigenvalue weighted by Gasteiger charge is -2.36. The van der Waals surface area contributed by atoms with Crippen LogP contribution >= 0.6 is 0 Å². The molecule has 1 aromatic carbocycles. The molecule has 180 valence electrons. The van der Waals surface area contributed by atoms with Gasteiger partial charge >= 0.3 is 12.5 Å². The molecule has 0 aliphatic carbocycles. The minimum Gasteiger partial charge on any atom is -0.453 e. The third-order valence-corrected chi connectivity index (χ3v) is 6.64. The zero-order valence-corrected chi connectivity index (χ0v) is 18.7. The Labute approximate surface area is 184 Å². The Hall–Kier alpha value is -2.54. The Morgan fingerprint density at radius 1 is 1.09 bits per heavy atom. The van der Waals surface area contributed by atoms with Crippen molar-refractivity contribution in [2.24, 2.45) is 5.92 Å². The van der Waals surface area contributed by atoms with Gasteiger partial charge in [0.2, 0.25) is 15.9 Å². The SMILES string of the molecule is COC(=O)NC(CC(C)C)C(=O)N1CCN(S(=O)(=O)c2ccc(OC(F)(F)F)cc2)CC1. The summed E-state index contributed by atoms with van der Waals surface area (Å²) in [4.78, 5) is 25.7. The van der Waals surface area contributed by atoms with Crippen LogP contribution in [0.1, 0.15) is 20.3 Å². The lowest BCUT2D eigenvalue weighted by Crippen LogP contribution is -2.56. The average Bonchev–Trinajstić information content (AvgIpc) is 2.71. The van der Waals surface area contributed by atoms with Gasteiger partial charge in [-0.15, -0.1) is 13.2 Å². The van der Waals surface area contributed by atoms with Gasteiger partial charge in [0.15, 0.2) is 0 Å². The summed E-state index contributed by atoms with van der Waals surface area (Å²) < 4.78 is 71.9. The van der Waals surface area contributed by atoms with E-state index in [1.165, 1.54) is 12.0 Å². The van der Waals surface area contributed by atoms with Crippen LogP contribution in [0.4, 0.5) is 18.0 Å². The molecule has 0 spiro atoms. The molecule has 1 aliphatic heterocycles. The molecule has 0 saturated carbocycles. The monoisotopic (exact) mass is 481 g/mol. The van der Waals surface area contributed by atoms with Crippen molar-refractivity contribution in [3.63, 3.8) is 0 Å². The van der Waals surface area contributed by atoms with Gasteiger partial charge in [0, 0.05) is 26.2 Å². The Morgan fingerprint density at radius 3 is 2.12 bits per heavy atom. The van der Waals surface area contributed by atoms with E-state index < -0.39 is 34.3 Å². The first kappa shape index (κ1) is 25.7. The molecule has 1 N–H and O–H groups in total. The molecule has 1 aliphatic rings. The molecule has 1 saturated heterocycles. The number of amides is 2. The van der Waals surface area contributed by atoms with E-state index in [1.54, 1.807) is 0 Å². The van der Waals surface area contributed by atoms with Crippen LogP contribution in [0, 0.1) is 5.92 Å². The van der Waals surface area contributed by atoms with Gasteiger partial charge in [-0.1, -0.05) is 13.8 Å². The van der Waals surface area contributed by atoms with Gasteiger partial charge in [-0.25, -0.2) is 13.2 Å². The third kappa shape index (κ3) is 6.99. The van der Waals surface area contributed by atoms with Crippen molar-refractivity contribution in [3.8, 4) is 5.75 Å². The van der Waals surface area contributed by atoms with E-state index >= 15 is 0 Å². The highest BCUT2D eigenvalue weighted by molar-refractivity contribution is 7.89. The summed E-state index contributed by atoms with van der Waals surface area (Å²) in [5, 5.41) is 2.51. The summed E-state index contributed by atoms with van der Waals surface area (Å²) in [6, 6.07) is 3.12. The van der Waals surface area contributed by atoms with E-state index in [4.69, 9.17) is 0 Å². The number of carbonyl (C=O) groups is 2. The first-order chi connectivity index (χ1) is 14.8. The van der Waals surface area contributed by atoms with Crippen LogP contribution in [0.3, 0.4) is 0 Å². The quantitative estimate of drug-likeness (QED) is 0.640. The molecule has 1 heterocycles. The second-order valence-electron chi connectivity index (χ2n) is 7.57. The number of rotatable bonds is 7. The zero-order valence-electron chi connectivity index (χ0n) is 17.9.